The van der Waals surface area contributed by atoms with Gasteiger partial charge in [-0.2, -0.15) is 5.26 Å². The van der Waals surface area contributed by atoms with Gasteiger partial charge in [-0.3, -0.25) is 0 Å². The van der Waals surface area contributed by atoms with Crippen molar-refractivity contribution in [2.75, 3.05) is 20.1 Å². The predicted octanol–water partition coefficient (Wildman–Crippen LogP) is 1.74. The number of likely N-dealkylation sites (N-methyl/N-ethyl adjacent to an activating group) is 1. The zero-order chi connectivity index (χ0) is 12.1. The lowest BCUT2D eigenvalue weighted by atomic mass is 10.0. The molecule has 1 unspecified atom stereocenters. The molecule has 0 spiro atoms. The monoisotopic (exact) mass is 229 g/mol. The predicted molar refractivity (Wildman–Crippen MR) is 68.5 cm³/mol. The van der Waals surface area contributed by atoms with Crippen LogP contribution >= 0.6 is 0 Å². The summed E-state index contributed by atoms with van der Waals surface area (Å²) in [5.74, 6) is 0. The van der Waals surface area contributed by atoms with Gasteiger partial charge in [0, 0.05) is 19.1 Å². The summed E-state index contributed by atoms with van der Waals surface area (Å²) in [5, 5.41) is 12.6. The molecular formula is C14H19N3. The molecule has 2 rings (SSSR count). The van der Waals surface area contributed by atoms with Crippen LogP contribution in [0.25, 0.3) is 0 Å². The van der Waals surface area contributed by atoms with Crippen LogP contribution in [0, 0.1) is 11.3 Å². The fourth-order valence-electron chi connectivity index (χ4n) is 2.37. The smallest absolute Gasteiger partial charge is 0.0995 e. The van der Waals surface area contributed by atoms with Gasteiger partial charge in [-0.05, 0) is 38.1 Å². The molecule has 0 aliphatic carbocycles. The fraction of sp³-hybridized carbons (Fsp3) is 0.500. The number of likely N-dealkylation sites (tertiary alicyclic amines) is 1. The molecular weight excluding hydrogens is 210 g/mol. The van der Waals surface area contributed by atoms with E-state index < -0.39 is 0 Å². The van der Waals surface area contributed by atoms with Gasteiger partial charge in [0.05, 0.1) is 11.6 Å². The minimum absolute atomic E-state index is 0.556. The SMILES string of the molecule is CN1CCCC(NCc2ccccc2C#N)C1. The molecule has 1 aromatic carbocycles. The molecule has 1 aromatic rings. The normalized spacial score (nSPS) is 21.1. The summed E-state index contributed by atoms with van der Waals surface area (Å²) in [7, 11) is 2.16. The first kappa shape index (κ1) is 12.1. The minimum Gasteiger partial charge on any atom is -0.309 e. The highest BCUT2D eigenvalue weighted by Crippen LogP contribution is 2.11. The lowest BCUT2D eigenvalue weighted by molar-refractivity contribution is 0.226. The summed E-state index contributed by atoms with van der Waals surface area (Å²) in [5.41, 5.74) is 1.88. The van der Waals surface area contributed by atoms with E-state index in [2.05, 4.69) is 23.3 Å². The van der Waals surface area contributed by atoms with E-state index in [0.717, 1.165) is 24.2 Å². The summed E-state index contributed by atoms with van der Waals surface area (Å²) >= 11 is 0. The quantitative estimate of drug-likeness (QED) is 0.858. The van der Waals surface area contributed by atoms with Crippen LogP contribution in [0.4, 0.5) is 0 Å². The fourth-order valence-corrected chi connectivity index (χ4v) is 2.37. The Hall–Kier alpha value is -1.37. The third-order valence-corrected chi connectivity index (χ3v) is 3.34. The van der Waals surface area contributed by atoms with E-state index in [1.807, 2.05) is 24.3 Å². The molecule has 0 radical (unpaired) electrons. The van der Waals surface area contributed by atoms with E-state index in [4.69, 9.17) is 5.26 Å². The average Bonchev–Trinajstić information content (AvgIpc) is 2.37. The van der Waals surface area contributed by atoms with Gasteiger partial charge in [0.2, 0.25) is 0 Å². The van der Waals surface area contributed by atoms with E-state index in [9.17, 15) is 0 Å². The lowest BCUT2D eigenvalue weighted by Gasteiger charge is -2.30. The molecule has 3 heteroatoms. The summed E-state index contributed by atoms with van der Waals surface area (Å²) < 4.78 is 0. The van der Waals surface area contributed by atoms with Crippen molar-refractivity contribution in [3.63, 3.8) is 0 Å². The Labute approximate surface area is 103 Å². The maximum Gasteiger partial charge on any atom is 0.0995 e. The summed E-state index contributed by atoms with van der Waals surface area (Å²) in [6.07, 6.45) is 2.49. The summed E-state index contributed by atoms with van der Waals surface area (Å²) in [6.45, 7) is 3.10. The molecule has 1 aliphatic heterocycles. The Morgan fingerprint density at radius 2 is 2.29 bits per heavy atom. The molecule has 0 saturated carbocycles. The second kappa shape index (κ2) is 5.81. The van der Waals surface area contributed by atoms with Crippen molar-refractivity contribution >= 4 is 0 Å². The van der Waals surface area contributed by atoms with Crippen LogP contribution in [-0.4, -0.2) is 31.1 Å². The molecule has 1 heterocycles. The number of rotatable bonds is 3. The minimum atomic E-state index is 0.556. The highest BCUT2D eigenvalue weighted by molar-refractivity contribution is 5.37. The first-order valence-corrected chi connectivity index (χ1v) is 6.19. The van der Waals surface area contributed by atoms with Gasteiger partial charge < -0.3 is 10.2 Å². The van der Waals surface area contributed by atoms with Crippen molar-refractivity contribution in [3.05, 3.63) is 35.4 Å². The molecule has 17 heavy (non-hydrogen) atoms. The topological polar surface area (TPSA) is 39.1 Å². The van der Waals surface area contributed by atoms with Gasteiger partial charge in [-0.25, -0.2) is 0 Å². The van der Waals surface area contributed by atoms with E-state index in [1.54, 1.807) is 0 Å². The Bertz CT molecular complexity index is 408. The molecule has 0 aromatic heterocycles. The van der Waals surface area contributed by atoms with Crippen molar-refractivity contribution < 1.29 is 0 Å². The molecule has 1 N–H and O–H groups in total. The highest BCUT2D eigenvalue weighted by Gasteiger charge is 2.16. The van der Waals surface area contributed by atoms with Crippen molar-refractivity contribution in [3.8, 4) is 6.07 Å². The number of hydrogen-bond donors (Lipinski definition) is 1. The standard InChI is InChI=1S/C14H19N3/c1-17-8-4-7-14(11-17)16-10-13-6-3-2-5-12(13)9-15/h2-3,5-6,14,16H,4,7-8,10-11H2,1H3. The van der Waals surface area contributed by atoms with Crippen molar-refractivity contribution in [1.29, 1.82) is 5.26 Å². The molecule has 1 fully saturated rings. The number of nitriles is 1. The molecule has 0 amide bonds. The highest BCUT2D eigenvalue weighted by atomic mass is 15.1. The first-order valence-electron chi connectivity index (χ1n) is 6.19. The van der Waals surface area contributed by atoms with Gasteiger partial charge in [0.15, 0.2) is 0 Å². The average molecular weight is 229 g/mol. The van der Waals surface area contributed by atoms with Gasteiger partial charge in [0.25, 0.3) is 0 Å². The summed E-state index contributed by atoms with van der Waals surface area (Å²) in [6, 6.07) is 10.6. The van der Waals surface area contributed by atoms with Gasteiger partial charge in [-0.1, -0.05) is 18.2 Å². The Morgan fingerprint density at radius 1 is 1.47 bits per heavy atom. The van der Waals surface area contributed by atoms with E-state index in [1.165, 1.54) is 19.4 Å². The van der Waals surface area contributed by atoms with Gasteiger partial charge in [-0.15, -0.1) is 0 Å². The number of hydrogen-bond acceptors (Lipinski definition) is 3. The van der Waals surface area contributed by atoms with Gasteiger partial charge in [0.1, 0.15) is 0 Å². The zero-order valence-corrected chi connectivity index (χ0v) is 10.3. The Morgan fingerprint density at radius 3 is 3.06 bits per heavy atom. The van der Waals surface area contributed by atoms with E-state index >= 15 is 0 Å². The van der Waals surface area contributed by atoms with Crippen LogP contribution in [0.2, 0.25) is 0 Å². The van der Waals surface area contributed by atoms with Crippen LogP contribution in [0.3, 0.4) is 0 Å². The second-order valence-corrected chi connectivity index (χ2v) is 4.75. The van der Waals surface area contributed by atoms with E-state index in [0.29, 0.717) is 6.04 Å². The van der Waals surface area contributed by atoms with E-state index in [-0.39, 0.29) is 0 Å². The molecule has 0 bridgehead atoms. The molecule has 1 aliphatic rings. The van der Waals surface area contributed by atoms with Crippen LogP contribution in [-0.2, 0) is 6.54 Å². The lowest BCUT2D eigenvalue weighted by Crippen LogP contribution is -2.43. The number of benzene rings is 1. The third-order valence-electron chi connectivity index (χ3n) is 3.34. The number of piperidine rings is 1. The largest absolute Gasteiger partial charge is 0.309 e. The maximum atomic E-state index is 9.01. The number of nitrogens with one attached hydrogen (secondary N) is 1. The summed E-state index contributed by atoms with van der Waals surface area (Å²) in [4.78, 5) is 2.36. The molecule has 90 valence electrons. The van der Waals surface area contributed by atoms with Crippen molar-refractivity contribution in [2.24, 2.45) is 0 Å². The first-order chi connectivity index (χ1) is 8.29. The molecule has 3 nitrogen and oxygen atoms in total. The zero-order valence-electron chi connectivity index (χ0n) is 10.3. The number of nitrogens with zero attached hydrogens (tertiary/aromatic N) is 2. The van der Waals surface area contributed by atoms with Crippen molar-refractivity contribution in [2.45, 2.75) is 25.4 Å². The second-order valence-electron chi connectivity index (χ2n) is 4.75. The molecule has 1 saturated heterocycles. The van der Waals surface area contributed by atoms with Crippen molar-refractivity contribution in [1.82, 2.24) is 10.2 Å². The van der Waals surface area contributed by atoms with Crippen LogP contribution < -0.4 is 5.32 Å². The maximum absolute atomic E-state index is 9.01. The third kappa shape index (κ3) is 3.29. The van der Waals surface area contributed by atoms with Crippen LogP contribution in [0.1, 0.15) is 24.0 Å². The van der Waals surface area contributed by atoms with Crippen LogP contribution in [0.15, 0.2) is 24.3 Å². The van der Waals surface area contributed by atoms with Crippen LogP contribution in [0.5, 0.6) is 0 Å². The van der Waals surface area contributed by atoms with Gasteiger partial charge >= 0.3 is 0 Å². The molecule has 1 atom stereocenters. The Balaban J connectivity index is 1.91. The Kier molecular flexibility index (Phi) is 4.13.